The van der Waals surface area contributed by atoms with Gasteiger partial charge in [0, 0.05) is 19.2 Å². The summed E-state index contributed by atoms with van der Waals surface area (Å²) in [6.07, 6.45) is 3.29. The van der Waals surface area contributed by atoms with Crippen LogP contribution in [0.3, 0.4) is 0 Å². The van der Waals surface area contributed by atoms with Crippen molar-refractivity contribution in [3.63, 3.8) is 0 Å². The van der Waals surface area contributed by atoms with Gasteiger partial charge in [-0.15, -0.1) is 0 Å². The molecule has 0 bridgehead atoms. The molecule has 0 N–H and O–H groups in total. The van der Waals surface area contributed by atoms with Crippen molar-refractivity contribution < 1.29 is 18.6 Å². The lowest BCUT2D eigenvalue weighted by atomic mass is 9.88. The number of hydrogen-bond acceptors (Lipinski definition) is 7. The van der Waals surface area contributed by atoms with Gasteiger partial charge in [0.05, 0.1) is 11.3 Å². The van der Waals surface area contributed by atoms with Crippen LogP contribution in [0.5, 0.6) is 0 Å². The normalized spacial score (nSPS) is 23.1. The molecule has 1 atom stereocenters. The standard InChI is InChI=1S/C16H20N4O4/c1-10-9-13(23-18-10)15(21)20-7-5-16(6-8-20)4-3-12(22-16)14-17-11(2)19-24-14/h9,12H,3-8H2,1-2H3. The lowest BCUT2D eigenvalue weighted by Gasteiger charge is -2.38. The number of likely N-dealkylation sites (tertiary alicyclic amines) is 1. The molecule has 8 nitrogen and oxygen atoms in total. The van der Waals surface area contributed by atoms with Crippen LogP contribution in [-0.4, -0.2) is 44.8 Å². The van der Waals surface area contributed by atoms with Crippen LogP contribution >= 0.6 is 0 Å². The average molecular weight is 332 g/mol. The molecule has 2 aliphatic heterocycles. The Morgan fingerprint density at radius 3 is 2.62 bits per heavy atom. The van der Waals surface area contributed by atoms with E-state index < -0.39 is 0 Å². The number of carbonyl (C=O) groups is 1. The number of amides is 1. The summed E-state index contributed by atoms with van der Waals surface area (Å²) in [5.74, 6) is 1.37. The van der Waals surface area contributed by atoms with Gasteiger partial charge in [-0.05, 0) is 39.5 Å². The van der Waals surface area contributed by atoms with Gasteiger partial charge in [0.2, 0.25) is 5.76 Å². The fourth-order valence-electron chi connectivity index (χ4n) is 3.54. The summed E-state index contributed by atoms with van der Waals surface area (Å²) in [5, 5.41) is 7.61. The summed E-state index contributed by atoms with van der Waals surface area (Å²) in [7, 11) is 0. The zero-order valence-corrected chi connectivity index (χ0v) is 13.8. The molecule has 0 aromatic carbocycles. The average Bonchev–Trinajstić information content (AvgIpc) is 3.28. The van der Waals surface area contributed by atoms with E-state index in [0.29, 0.717) is 36.3 Å². The first-order chi connectivity index (χ1) is 11.5. The predicted molar refractivity (Wildman–Crippen MR) is 81.2 cm³/mol. The minimum Gasteiger partial charge on any atom is -0.362 e. The fourth-order valence-corrected chi connectivity index (χ4v) is 3.54. The highest BCUT2D eigenvalue weighted by Crippen LogP contribution is 2.44. The third-order valence-electron chi connectivity index (χ3n) is 4.87. The molecule has 2 aromatic heterocycles. The second kappa shape index (κ2) is 5.70. The highest BCUT2D eigenvalue weighted by atomic mass is 16.5. The molecule has 1 amide bonds. The molecule has 0 aliphatic carbocycles. The van der Waals surface area contributed by atoms with Crippen molar-refractivity contribution in [2.75, 3.05) is 13.1 Å². The highest BCUT2D eigenvalue weighted by Gasteiger charge is 2.45. The first-order valence-corrected chi connectivity index (χ1v) is 8.25. The van der Waals surface area contributed by atoms with Gasteiger partial charge < -0.3 is 18.7 Å². The highest BCUT2D eigenvalue weighted by molar-refractivity contribution is 5.91. The third-order valence-corrected chi connectivity index (χ3v) is 4.87. The Morgan fingerprint density at radius 2 is 2.00 bits per heavy atom. The number of aromatic nitrogens is 3. The Kier molecular flexibility index (Phi) is 3.64. The molecule has 2 aliphatic rings. The lowest BCUT2D eigenvalue weighted by Crippen LogP contribution is -2.46. The molecule has 4 heterocycles. The van der Waals surface area contributed by atoms with Gasteiger partial charge in [0.1, 0.15) is 6.10 Å². The predicted octanol–water partition coefficient (Wildman–Crippen LogP) is 2.20. The molecule has 8 heteroatoms. The van der Waals surface area contributed by atoms with Crippen molar-refractivity contribution >= 4 is 5.91 Å². The quantitative estimate of drug-likeness (QED) is 0.832. The van der Waals surface area contributed by atoms with Gasteiger partial charge in [-0.3, -0.25) is 4.79 Å². The van der Waals surface area contributed by atoms with E-state index in [1.807, 2.05) is 0 Å². The molecule has 24 heavy (non-hydrogen) atoms. The second-order valence-corrected chi connectivity index (χ2v) is 6.63. The maximum absolute atomic E-state index is 12.4. The van der Waals surface area contributed by atoms with E-state index in [4.69, 9.17) is 13.8 Å². The number of piperidine rings is 1. The van der Waals surface area contributed by atoms with Gasteiger partial charge >= 0.3 is 0 Å². The number of hydrogen-bond donors (Lipinski definition) is 0. The number of nitrogens with zero attached hydrogens (tertiary/aromatic N) is 4. The summed E-state index contributed by atoms with van der Waals surface area (Å²) in [6.45, 7) is 4.90. The Balaban J connectivity index is 1.38. The number of carbonyl (C=O) groups excluding carboxylic acids is 1. The molecule has 128 valence electrons. The van der Waals surface area contributed by atoms with Crippen molar-refractivity contribution in [2.45, 2.75) is 51.2 Å². The van der Waals surface area contributed by atoms with E-state index in [9.17, 15) is 4.79 Å². The Bertz CT molecular complexity index is 745. The largest absolute Gasteiger partial charge is 0.362 e. The summed E-state index contributed by atoms with van der Waals surface area (Å²) in [5.41, 5.74) is 0.518. The van der Waals surface area contributed by atoms with Gasteiger partial charge in [-0.2, -0.15) is 4.98 Å². The first-order valence-electron chi connectivity index (χ1n) is 8.25. The number of rotatable bonds is 2. The van der Waals surface area contributed by atoms with Gasteiger partial charge in [-0.1, -0.05) is 10.3 Å². The van der Waals surface area contributed by atoms with Crippen LogP contribution in [0.25, 0.3) is 0 Å². The second-order valence-electron chi connectivity index (χ2n) is 6.63. The van der Waals surface area contributed by atoms with E-state index in [1.54, 1.807) is 24.8 Å². The van der Waals surface area contributed by atoms with E-state index >= 15 is 0 Å². The van der Waals surface area contributed by atoms with Gasteiger partial charge in [0.15, 0.2) is 5.82 Å². The summed E-state index contributed by atoms with van der Waals surface area (Å²) in [6, 6.07) is 1.67. The van der Waals surface area contributed by atoms with Crippen LogP contribution in [-0.2, 0) is 4.74 Å². The van der Waals surface area contributed by atoms with Gasteiger partial charge in [-0.25, -0.2) is 0 Å². The van der Waals surface area contributed by atoms with Crippen molar-refractivity contribution in [3.05, 3.63) is 29.2 Å². The molecule has 4 rings (SSSR count). The smallest absolute Gasteiger partial charge is 0.292 e. The molecule has 1 unspecified atom stereocenters. The minimum absolute atomic E-state index is 0.104. The van der Waals surface area contributed by atoms with Crippen LogP contribution in [0.1, 0.15) is 59.8 Å². The van der Waals surface area contributed by atoms with Crippen molar-refractivity contribution in [2.24, 2.45) is 0 Å². The molecule has 0 radical (unpaired) electrons. The van der Waals surface area contributed by atoms with E-state index in [0.717, 1.165) is 25.7 Å². The molecule has 1 spiro atoms. The monoisotopic (exact) mass is 332 g/mol. The first kappa shape index (κ1) is 15.3. The fraction of sp³-hybridized carbons (Fsp3) is 0.625. The van der Waals surface area contributed by atoms with Crippen LogP contribution < -0.4 is 0 Å². The minimum atomic E-state index is -0.193. The molecule has 2 fully saturated rings. The molecular formula is C16H20N4O4. The zero-order chi connectivity index (χ0) is 16.7. The Labute approximate surface area is 139 Å². The lowest BCUT2D eigenvalue weighted by molar-refractivity contribution is -0.0822. The summed E-state index contributed by atoms with van der Waals surface area (Å²) >= 11 is 0. The zero-order valence-electron chi connectivity index (χ0n) is 13.8. The van der Waals surface area contributed by atoms with Gasteiger partial charge in [0.25, 0.3) is 11.8 Å². The Hall–Kier alpha value is -2.22. The molecule has 2 saturated heterocycles. The maximum Gasteiger partial charge on any atom is 0.292 e. The van der Waals surface area contributed by atoms with E-state index in [2.05, 4.69) is 15.3 Å². The third kappa shape index (κ3) is 2.71. The number of ether oxygens (including phenoxy) is 1. The van der Waals surface area contributed by atoms with Crippen LogP contribution in [0.15, 0.2) is 15.1 Å². The van der Waals surface area contributed by atoms with Crippen molar-refractivity contribution in [1.29, 1.82) is 0 Å². The van der Waals surface area contributed by atoms with E-state index in [-0.39, 0.29) is 17.6 Å². The topological polar surface area (TPSA) is 94.5 Å². The molecular weight excluding hydrogens is 312 g/mol. The maximum atomic E-state index is 12.4. The Morgan fingerprint density at radius 1 is 1.21 bits per heavy atom. The molecule has 0 saturated carbocycles. The van der Waals surface area contributed by atoms with Crippen LogP contribution in [0.2, 0.25) is 0 Å². The molecule has 2 aromatic rings. The summed E-state index contributed by atoms with van der Waals surface area (Å²) in [4.78, 5) is 18.5. The number of aryl methyl sites for hydroxylation is 2. The van der Waals surface area contributed by atoms with Crippen molar-refractivity contribution in [1.82, 2.24) is 20.2 Å². The van der Waals surface area contributed by atoms with E-state index in [1.165, 1.54) is 0 Å². The summed E-state index contributed by atoms with van der Waals surface area (Å²) < 4.78 is 16.6. The van der Waals surface area contributed by atoms with Crippen LogP contribution in [0.4, 0.5) is 0 Å². The SMILES string of the molecule is Cc1cc(C(=O)N2CCC3(CCC(c4nc(C)no4)O3)CC2)on1. The van der Waals surface area contributed by atoms with Crippen molar-refractivity contribution in [3.8, 4) is 0 Å². The van der Waals surface area contributed by atoms with Crippen LogP contribution in [0, 0.1) is 13.8 Å².